The molecule has 0 spiro atoms. The molecule has 0 amide bonds. The van der Waals surface area contributed by atoms with E-state index in [9.17, 15) is 9.18 Å². The van der Waals surface area contributed by atoms with Gasteiger partial charge < -0.3 is 5.32 Å². The molecule has 4 aromatic rings. The van der Waals surface area contributed by atoms with E-state index < -0.39 is 0 Å². The molecule has 1 aliphatic carbocycles. The van der Waals surface area contributed by atoms with E-state index in [-0.39, 0.29) is 11.4 Å². The molecule has 0 radical (unpaired) electrons. The number of hydrogen-bond acceptors (Lipinski definition) is 5. The number of nitrogens with one attached hydrogen (secondary N) is 1. The van der Waals surface area contributed by atoms with Gasteiger partial charge in [0.1, 0.15) is 10.6 Å². The Hall–Kier alpha value is -2.84. The number of nitrogens with zero attached hydrogens (tertiary/aromatic N) is 4. The summed E-state index contributed by atoms with van der Waals surface area (Å²) in [5.74, 6) is -0.248. The third-order valence-corrected chi connectivity index (χ3v) is 7.11. The molecule has 6 nitrogen and oxygen atoms in total. The van der Waals surface area contributed by atoms with Gasteiger partial charge in [0.05, 0.1) is 17.9 Å². The third kappa shape index (κ3) is 4.18. The van der Waals surface area contributed by atoms with Gasteiger partial charge in [0.2, 0.25) is 0 Å². The van der Waals surface area contributed by atoms with Gasteiger partial charge in [-0.05, 0) is 48.9 Å². The maximum absolute atomic E-state index is 13.2. The van der Waals surface area contributed by atoms with Crippen molar-refractivity contribution < 1.29 is 4.39 Å². The van der Waals surface area contributed by atoms with Gasteiger partial charge in [-0.3, -0.25) is 14.0 Å². The maximum atomic E-state index is 13.2. The topological polar surface area (TPSA) is 64.7 Å². The van der Waals surface area contributed by atoms with Crippen LogP contribution in [0, 0.1) is 5.82 Å². The minimum absolute atomic E-state index is 0.0337. The molecule has 1 unspecified atom stereocenters. The molecule has 31 heavy (non-hydrogen) atoms. The quantitative estimate of drug-likeness (QED) is 0.503. The highest BCUT2D eigenvalue weighted by molar-refractivity contribution is 7.18. The molecule has 3 heterocycles. The van der Waals surface area contributed by atoms with Gasteiger partial charge in [-0.25, -0.2) is 9.37 Å². The minimum Gasteiger partial charge on any atom is -0.309 e. The van der Waals surface area contributed by atoms with Crippen LogP contribution in [0.3, 0.4) is 0 Å². The average Bonchev–Trinajstić information content (AvgIpc) is 3.36. The Morgan fingerprint density at radius 1 is 1.26 bits per heavy atom. The summed E-state index contributed by atoms with van der Waals surface area (Å²) in [6.07, 6.45) is 9.04. The average molecular weight is 438 g/mol. The van der Waals surface area contributed by atoms with E-state index in [1.807, 2.05) is 24.1 Å². The van der Waals surface area contributed by atoms with E-state index in [1.54, 1.807) is 34.4 Å². The summed E-state index contributed by atoms with van der Waals surface area (Å²) in [5.41, 5.74) is 3.39. The van der Waals surface area contributed by atoms with Crippen molar-refractivity contribution >= 4 is 21.6 Å². The molecule has 160 valence electrons. The van der Waals surface area contributed by atoms with E-state index in [0.717, 1.165) is 41.6 Å². The molecule has 0 saturated heterocycles. The lowest BCUT2D eigenvalue weighted by Gasteiger charge is -2.23. The molecule has 1 aromatic carbocycles. The van der Waals surface area contributed by atoms with Gasteiger partial charge >= 0.3 is 0 Å². The molecule has 1 atom stereocenters. The minimum atomic E-state index is -0.248. The standard InChI is InChI=1S/C23H24FN5OS/c1-28-13-16(12-27-28)11-25-18-6-7-19-20(10-18)31-22-21(19)23(30)29(14-26-22)9-8-15-2-4-17(24)5-3-15/h2-5,12-14,18,25H,6-11H2,1H3. The van der Waals surface area contributed by atoms with Crippen molar-refractivity contribution in [3.63, 3.8) is 0 Å². The van der Waals surface area contributed by atoms with Crippen molar-refractivity contribution in [1.82, 2.24) is 24.6 Å². The van der Waals surface area contributed by atoms with Crippen LogP contribution in [0.2, 0.25) is 0 Å². The fourth-order valence-electron chi connectivity index (χ4n) is 4.26. The maximum Gasteiger partial charge on any atom is 0.262 e. The van der Waals surface area contributed by atoms with E-state index in [2.05, 4.69) is 15.4 Å². The molecular formula is C23H24FN5OS. The summed E-state index contributed by atoms with van der Waals surface area (Å²) in [7, 11) is 1.92. The second-order valence-electron chi connectivity index (χ2n) is 8.15. The van der Waals surface area contributed by atoms with Crippen molar-refractivity contribution in [3.8, 4) is 0 Å². The molecule has 8 heteroatoms. The number of thiophene rings is 1. The molecule has 1 aliphatic rings. The third-order valence-electron chi connectivity index (χ3n) is 5.94. The monoisotopic (exact) mass is 437 g/mol. The molecule has 3 aromatic heterocycles. The zero-order chi connectivity index (χ0) is 21.4. The molecular weight excluding hydrogens is 413 g/mol. The van der Waals surface area contributed by atoms with Gasteiger partial charge in [-0.15, -0.1) is 11.3 Å². The number of aryl methyl sites for hydroxylation is 4. The van der Waals surface area contributed by atoms with Gasteiger partial charge in [0.15, 0.2) is 0 Å². The Balaban J connectivity index is 1.32. The van der Waals surface area contributed by atoms with Crippen molar-refractivity contribution in [1.29, 1.82) is 0 Å². The fourth-order valence-corrected chi connectivity index (χ4v) is 5.52. The first kappa shape index (κ1) is 20.1. The first-order valence-corrected chi connectivity index (χ1v) is 11.3. The van der Waals surface area contributed by atoms with Crippen LogP contribution in [-0.4, -0.2) is 25.4 Å². The van der Waals surface area contributed by atoms with Crippen molar-refractivity contribution in [3.05, 3.63) is 80.7 Å². The van der Waals surface area contributed by atoms with E-state index >= 15 is 0 Å². The summed E-state index contributed by atoms with van der Waals surface area (Å²) < 4.78 is 16.6. The van der Waals surface area contributed by atoms with Gasteiger partial charge in [0, 0.05) is 42.8 Å². The number of benzene rings is 1. The van der Waals surface area contributed by atoms with Gasteiger partial charge in [-0.2, -0.15) is 5.10 Å². The number of aromatic nitrogens is 4. The van der Waals surface area contributed by atoms with Crippen LogP contribution in [0.1, 0.15) is 28.0 Å². The lowest BCUT2D eigenvalue weighted by Crippen LogP contribution is -2.33. The Morgan fingerprint density at radius 2 is 2.10 bits per heavy atom. The predicted molar refractivity (Wildman–Crippen MR) is 120 cm³/mol. The molecule has 0 saturated carbocycles. The first-order valence-electron chi connectivity index (χ1n) is 10.5. The summed E-state index contributed by atoms with van der Waals surface area (Å²) in [5, 5.41) is 8.63. The van der Waals surface area contributed by atoms with E-state index in [0.29, 0.717) is 19.0 Å². The zero-order valence-electron chi connectivity index (χ0n) is 17.3. The van der Waals surface area contributed by atoms with Gasteiger partial charge in [0.25, 0.3) is 5.56 Å². The van der Waals surface area contributed by atoms with Crippen LogP contribution in [0.25, 0.3) is 10.2 Å². The molecule has 0 fully saturated rings. The summed E-state index contributed by atoms with van der Waals surface area (Å²) >= 11 is 1.65. The predicted octanol–water partition coefficient (Wildman–Crippen LogP) is 3.22. The van der Waals surface area contributed by atoms with Crippen molar-refractivity contribution in [2.24, 2.45) is 7.05 Å². The second kappa shape index (κ2) is 8.36. The molecule has 0 bridgehead atoms. The lowest BCUT2D eigenvalue weighted by molar-refractivity contribution is 0.462. The SMILES string of the molecule is Cn1cc(CNC2CCc3c(sc4ncn(CCc5ccc(F)cc5)c(=O)c34)C2)cn1. The highest BCUT2D eigenvalue weighted by Gasteiger charge is 2.25. The summed E-state index contributed by atoms with van der Waals surface area (Å²) in [6, 6.07) is 6.82. The largest absolute Gasteiger partial charge is 0.309 e. The highest BCUT2D eigenvalue weighted by Crippen LogP contribution is 2.33. The van der Waals surface area contributed by atoms with Crippen molar-refractivity contribution in [2.45, 2.75) is 44.8 Å². The Bertz CT molecular complexity index is 1270. The molecule has 0 aliphatic heterocycles. The van der Waals surface area contributed by atoms with Crippen LogP contribution in [0.15, 0.2) is 47.8 Å². The van der Waals surface area contributed by atoms with Crippen LogP contribution in [-0.2, 0) is 39.4 Å². The Kier molecular flexibility index (Phi) is 5.41. The van der Waals surface area contributed by atoms with Crippen LogP contribution >= 0.6 is 11.3 Å². The van der Waals surface area contributed by atoms with Crippen LogP contribution in [0.4, 0.5) is 4.39 Å². The first-order chi connectivity index (χ1) is 15.1. The van der Waals surface area contributed by atoms with Crippen LogP contribution < -0.4 is 10.9 Å². The number of rotatable bonds is 6. The van der Waals surface area contributed by atoms with Crippen molar-refractivity contribution in [2.75, 3.05) is 0 Å². The Labute approximate surface area is 183 Å². The Morgan fingerprint density at radius 3 is 2.87 bits per heavy atom. The molecule has 5 rings (SSSR count). The zero-order valence-corrected chi connectivity index (χ0v) is 18.2. The summed E-state index contributed by atoms with van der Waals surface area (Å²) in [4.78, 5) is 19.9. The number of hydrogen-bond donors (Lipinski definition) is 1. The van der Waals surface area contributed by atoms with Crippen LogP contribution in [0.5, 0.6) is 0 Å². The van der Waals surface area contributed by atoms with E-state index in [1.165, 1.54) is 28.1 Å². The fraction of sp³-hybridized carbons (Fsp3) is 0.348. The van der Waals surface area contributed by atoms with E-state index in [4.69, 9.17) is 0 Å². The normalized spacial score (nSPS) is 16.0. The van der Waals surface area contributed by atoms with Gasteiger partial charge in [-0.1, -0.05) is 12.1 Å². The molecule has 1 N–H and O–H groups in total. The lowest BCUT2D eigenvalue weighted by atomic mass is 9.93. The smallest absolute Gasteiger partial charge is 0.262 e. The second-order valence-corrected chi connectivity index (χ2v) is 9.23. The number of fused-ring (bicyclic) bond motifs is 3. The highest BCUT2D eigenvalue weighted by atomic mass is 32.1. The number of halogens is 1. The summed E-state index contributed by atoms with van der Waals surface area (Å²) in [6.45, 7) is 1.33.